The molecule has 1 aromatic heterocycles. The zero-order chi connectivity index (χ0) is 13.7. The van der Waals surface area contributed by atoms with E-state index in [1.807, 2.05) is 5.43 Å². The first-order chi connectivity index (χ1) is 9.24. The molecule has 2 rings (SSSR count). The third kappa shape index (κ3) is 3.56. The van der Waals surface area contributed by atoms with E-state index in [1.54, 1.807) is 12.1 Å². The molecule has 19 heavy (non-hydrogen) atoms. The number of rotatable bonds is 6. The minimum atomic E-state index is -0.430. The molecule has 6 nitrogen and oxygen atoms in total. The molecule has 106 valence electrons. The standard InChI is InChI=1S/C13H21N3O3/c14-15-13(18)12-6-5-11(19-12)9-16(7-8-17)10-3-1-2-4-10/h5-6,10,17H,1-4,7-9,14H2,(H,15,18). The molecule has 0 unspecified atom stereocenters. The number of nitrogens with one attached hydrogen (secondary N) is 1. The fourth-order valence-corrected chi connectivity index (χ4v) is 2.64. The highest BCUT2D eigenvalue weighted by molar-refractivity contribution is 5.90. The zero-order valence-corrected chi connectivity index (χ0v) is 11.0. The molecule has 6 heteroatoms. The van der Waals surface area contributed by atoms with Gasteiger partial charge in [0, 0.05) is 12.6 Å². The highest BCUT2D eigenvalue weighted by Gasteiger charge is 2.23. The molecule has 0 bridgehead atoms. The normalized spacial score (nSPS) is 16.2. The number of hydrogen-bond donors (Lipinski definition) is 3. The van der Waals surface area contributed by atoms with Crippen molar-refractivity contribution in [3.8, 4) is 0 Å². The van der Waals surface area contributed by atoms with Crippen molar-refractivity contribution in [3.63, 3.8) is 0 Å². The van der Waals surface area contributed by atoms with Gasteiger partial charge in [0.15, 0.2) is 5.76 Å². The van der Waals surface area contributed by atoms with E-state index in [1.165, 1.54) is 12.8 Å². The first-order valence-electron chi connectivity index (χ1n) is 6.69. The van der Waals surface area contributed by atoms with E-state index < -0.39 is 5.91 Å². The topological polar surface area (TPSA) is 91.7 Å². The van der Waals surface area contributed by atoms with Crippen molar-refractivity contribution in [1.29, 1.82) is 0 Å². The molecule has 0 atom stereocenters. The van der Waals surface area contributed by atoms with Gasteiger partial charge in [-0.25, -0.2) is 5.84 Å². The van der Waals surface area contributed by atoms with Crippen LogP contribution in [-0.2, 0) is 6.54 Å². The molecule has 0 radical (unpaired) electrons. The first-order valence-corrected chi connectivity index (χ1v) is 6.69. The summed E-state index contributed by atoms with van der Waals surface area (Å²) < 4.78 is 5.46. The molecule has 1 heterocycles. The quantitative estimate of drug-likeness (QED) is 0.399. The van der Waals surface area contributed by atoms with Gasteiger partial charge in [0.1, 0.15) is 5.76 Å². The fourth-order valence-electron chi connectivity index (χ4n) is 2.64. The van der Waals surface area contributed by atoms with Gasteiger partial charge in [-0.1, -0.05) is 12.8 Å². The Hall–Kier alpha value is -1.37. The third-order valence-corrected chi connectivity index (χ3v) is 3.60. The Balaban J connectivity index is 1.99. The maximum Gasteiger partial charge on any atom is 0.300 e. The summed E-state index contributed by atoms with van der Waals surface area (Å²) >= 11 is 0. The predicted octanol–water partition coefficient (Wildman–Crippen LogP) is 0.620. The number of aliphatic hydroxyl groups is 1. The second-order valence-corrected chi connectivity index (χ2v) is 4.87. The summed E-state index contributed by atoms with van der Waals surface area (Å²) in [6, 6.07) is 3.90. The van der Waals surface area contributed by atoms with Gasteiger partial charge in [0.2, 0.25) is 0 Å². The number of nitrogen functional groups attached to an aromatic ring is 1. The Morgan fingerprint density at radius 2 is 2.21 bits per heavy atom. The lowest BCUT2D eigenvalue weighted by Crippen LogP contribution is -2.35. The van der Waals surface area contributed by atoms with Gasteiger partial charge < -0.3 is 9.52 Å². The minimum Gasteiger partial charge on any atom is -0.455 e. The molecule has 0 aliphatic heterocycles. The highest BCUT2D eigenvalue weighted by atomic mass is 16.4. The molecule has 1 saturated carbocycles. The summed E-state index contributed by atoms with van der Waals surface area (Å²) in [5.41, 5.74) is 2.04. The van der Waals surface area contributed by atoms with Gasteiger partial charge >= 0.3 is 5.91 Å². The van der Waals surface area contributed by atoms with E-state index in [-0.39, 0.29) is 12.4 Å². The van der Waals surface area contributed by atoms with Crippen LogP contribution >= 0.6 is 0 Å². The van der Waals surface area contributed by atoms with Crippen LogP contribution in [0, 0.1) is 0 Å². The summed E-state index contributed by atoms with van der Waals surface area (Å²) in [4.78, 5) is 13.5. The van der Waals surface area contributed by atoms with Crippen molar-refractivity contribution in [2.45, 2.75) is 38.3 Å². The molecule has 0 saturated heterocycles. The van der Waals surface area contributed by atoms with E-state index in [9.17, 15) is 4.79 Å². The van der Waals surface area contributed by atoms with Crippen LogP contribution in [-0.4, -0.2) is 35.1 Å². The van der Waals surface area contributed by atoms with Gasteiger partial charge in [0.25, 0.3) is 0 Å². The molecule has 1 fully saturated rings. The van der Waals surface area contributed by atoms with Crippen LogP contribution in [0.25, 0.3) is 0 Å². The first kappa shape index (κ1) is 14.0. The van der Waals surface area contributed by atoms with Crippen molar-refractivity contribution in [2.24, 2.45) is 5.84 Å². The van der Waals surface area contributed by atoms with Crippen molar-refractivity contribution < 1.29 is 14.3 Å². The maximum absolute atomic E-state index is 11.3. The largest absolute Gasteiger partial charge is 0.455 e. The van der Waals surface area contributed by atoms with Crippen LogP contribution in [0.3, 0.4) is 0 Å². The summed E-state index contributed by atoms with van der Waals surface area (Å²) in [6.45, 7) is 1.38. The molecule has 4 N–H and O–H groups in total. The Morgan fingerprint density at radius 3 is 2.84 bits per heavy atom. The molecule has 1 aliphatic rings. The SMILES string of the molecule is NNC(=O)c1ccc(CN(CCO)C2CCCC2)o1. The van der Waals surface area contributed by atoms with Crippen molar-refractivity contribution in [2.75, 3.05) is 13.2 Å². The summed E-state index contributed by atoms with van der Waals surface area (Å²) in [5.74, 6) is 5.57. The number of carbonyl (C=O) groups excluding carboxylic acids is 1. The maximum atomic E-state index is 11.3. The monoisotopic (exact) mass is 267 g/mol. The summed E-state index contributed by atoms with van der Waals surface area (Å²) in [6.07, 6.45) is 4.81. The Morgan fingerprint density at radius 1 is 1.47 bits per heavy atom. The van der Waals surface area contributed by atoms with E-state index in [4.69, 9.17) is 15.4 Å². The van der Waals surface area contributed by atoms with Crippen molar-refractivity contribution in [3.05, 3.63) is 23.7 Å². The van der Waals surface area contributed by atoms with Gasteiger partial charge in [0.05, 0.1) is 13.2 Å². The number of hydrazine groups is 1. The van der Waals surface area contributed by atoms with Crippen molar-refractivity contribution >= 4 is 5.91 Å². The molecule has 1 aliphatic carbocycles. The smallest absolute Gasteiger partial charge is 0.300 e. The average molecular weight is 267 g/mol. The second kappa shape index (κ2) is 6.70. The number of aliphatic hydroxyl groups excluding tert-OH is 1. The number of hydrogen-bond acceptors (Lipinski definition) is 5. The van der Waals surface area contributed by atoms with E-state index in [0.29, 0.717) is 19.1 Å². The number of carbonyl (C=O) groups is 1. The Kier molecular flexibility index (Phi) is 4.95. The lowest BCUT2D eigenvalue weighted by atomic mass is 10.2. The predicted molar refractivity (Wildman–Crippen MR) is 70.1 cm³/mol. The van der Waals surface area contributed by atoms with Crippen LogP contribution in [0.15, 0.2) is 16.5 Å². The van der Waals surface area contributed by atoms with Crippen LogP contribution < -0.4 is 11.3 Å². The number of amides is 1. The van der Waals surface area contributed by atoms with Gasteiger partial charge in [-0.2, -0.15) is 0 Å². The van der Waals surface area contributed by atoms with E-state index in [0.717, 1.165) is 18.6 Å². The van der Waals surface area contributed by atoms with Crippen LogP contribution in [0.2, 0.25) is 0 Å². The van der Waals surface area contributed by atoms with Crippen LogP contribution in [0.4, 0.5) is 0 Å². The zero-order valence-electron chi connectivity index (χ0n) is 11.0. The average Bonchev–Trinajstić information content (AvgIpc) is 3.08. The van der Waals surface area contributed by atoms with Gasteiger partial charge in [-0.3, -0.25) is 15.1 Å². The Labute approximate surface area is 112 Å². The molecule has 1 aromatic rings. The molecular weight excluding hydrogens is 246 g/mol. The van der Waals surface area contributed by atoms with E-state index in [2.05, 4.69) is 4.90 Å². The van der Waals surface area contributed by atoms with Gasteiger partial charge in [-0.05, 0) is 25.0 Å². The molecule has 1 amide bonds. The summed E-state index contributed by atoms with van der Waals surface area (Å²) in [7, 11) is 0. The number of nitrogens with two attached hydrogens (primary N) is 1. The van der Waals surface area contributed by atoms with Gasteiger partial charge in [-0.15, -0.1) is 0 Å². The Bertz CT molecular complexity index is 413. The molecule has 0 spiro atoms. The summed E-state index contributed by atoms with van der Waals surface area (Å²) in [5, 5.41) is 9.15. The number of furan rings is 1. The third-order valence-electron chi connectivity index (χ3n) is 3.60. The lowest BCUT2D eigenvalue weighted by molar-refractivity contribution is 0.0917. The van der Waals surface area contributed by atoms with Crippen molar-refractivity contribution in [1.82, 2.24) is 10.3 Å². The van der Waals surface area contributed by atoms with Crippen LogP contribution in [0.1, 0.15) is 42.0 Å². The fraction of sp³-hybridized carbons (Fsp3) is 0.615. The molecule has 0 aromatic carbocycles. The number of nitrogens with zero attached hydrogens (tertiary/aromatic N) is 1. The van der Waals surface area contributed by atoms with Crippen LogP contribution in [0.5, 0.6) is 0 Å². The lowest BCUT2D eigenvalue weighted by Gasteiger charge is -2.26. The van der Waals surface area contributed by atoms with E-state index >= 15 is 0 Å². The minimum absolute atomic E-state index is 0.132. The molecular formula is C13H21N3O3. The highest BCUT2D eigenvalue weighted by Crippen LogP contribution is 2.25. The second-order valence-electron chi connectivity index (χ2n) is 4.87.